The molecular formula is C29H29NO2. The van der Waals surface area contributed by atoms with E-state index in [0.717, 1.165) is 41.6 Å². The van der Waals surface area contributed by atoms with Crippen LogP contribution in [0.25, 0.3) is 0 Å². The highest BCUT2D eigenvalue weighted by Crippen LogP contribution is 2.45. The average molecular weight is 424 g/mol. The van der Waals surface area contributed by atoms with Crippen LogP contribution in [0.5, 0.6) is 0 Å². The van der Waals surface area contributed by atoms with E-state index in [4.69, 9.17) is 0 Å². The van der Waals surface area contributed by atoms with Gasteiger partial charge in [-0.15, -0.1) is 5.73 Å². The quantitative estimate of drug-likeness (QED) is 0.401. The highest BCUT2D eigenvalue weighted by Gasteiger charge is 2.41. The number of likely N-dealkylation sites (tertiary alicyclic amines) is 1. The van der Waals surface area contributed by atoms with Crippen LogP contribution in [-0.4, -0.2) is 35.6 Å². The molecule has 1 saturated heterocycles. The van der Waals surface area contributed by atoms with Crippen molar-refractivity contribution in [3.8, 4) is 0 Å². The number of hydrogen-bond donors (Lipinski definition) is 1. The van der Waals surface area contributed by atoms with Crippen LogP contribution in [0, 0.1) is 5.92 Å². The van der Waals surface area contributed by atoms with E-state index in [9.17, 15) is 9.90 Å². The van der Waals surface area contributed by atoms with Crippen molar-refractivity contribution in [3.05, 3.63) is 126 Å². The lowest BCUT2D eigenvalue weighted by Crippen LogP contribution is -2.43. The Hall–Kier alpha value is -3.39. The Morgan fingerprint density at radius 1 is 0.906 bits per heavy atom. The van der Waals surface area contributed by atoms with Gasteiger partial charge in [-0.05, 0) is 36.1 Å². The molecule has 0 aromatic heterocycles. The second-order valence-corrected chi connectivity index (χ2v) is 8.42. The molecule has 0 saturated carbocycles. The fourth-order valence-electron chi connectivity index (χ4n) is 5.02. The molecule has 1 unspecified atom stereocenters. The highest BCUT2D eigenvalue weighted by molar-refractivity contribution is 5.70. The van der Waals surface area contributed by atoms with Crippen molar-refractivity contribution in [1.82, 2.24) is 4.90 Å². The number of piperidine rings is 1. The van der Waals surface area contributed by atoms with E-state index in [0.29, 0.717) is 13.1 Å². The number of benzene rings is 3. The molecule has 0 radical (unpaired) electrons. The molecule has 0 aliphatic carbocycles. The normalized spacial score (nSPS) is 16.8. The Labute approximate surface area is 190 Å². The van der Waals surface area contributed by atoms with Gasteiger partial charge in [-0.25, -0.2) is 0 Å². The van der Waals surface area contributed by atoms with E-state index < -0.39 is 11.4 Å². The lowest BCUT2D eigenvalue weighted by Gasteiger charge is -2.40. The minimum absolute atomic E-state index is 0.325. The molecule has 32 heavy (non-hydrogen) atoms. The van der Waals surface area contributed by atoms with Gasteiger partial charge in [0.25, 0.3) is 0 Å². The zero-order chi connectivity index (χ0) is 22.4. The number of carboxylic acids is 1. The summed E-state index contributed by atoms with van der Waals surface area (Å²) in [7, 11) is 0. The summed E-state index contributed by atoms with van der Waals surface area (Å²) in [4.78, 5) is 13.9. The van der Waals surface area contributed by atoms with E-state index in [1.165, 1.54) is 0 Å². The molecule has 3 aromatic rings. The van der Waals surface area contributed by atoms with Crippen molar-refractivity contribution in [2.45, 2.75) is 18.3 Å². The summed E-state index contributed by atoms with van der Waals surface area (Å²) in [6.07, 6.45) is 1.62. The number of hydrogen-bond acceptors (Lipinski definition) is 2. The smallest absolute Gasteiger partial charge is 0.307 e. The summed E-state index contributed by atoms with van der Waals surface area (Å²) in [5.74, 6) is -1.03. The first kappa shape index (κ1) is 21.8. The van der Waals surface area contributed by atoms with Crippen LogP contribution in [0.2, 0.25) is 0 Å². The first-order valence-corrected chi connectivity index (χ1v) is 11.2. The minimum Gasteiger partial charge on any atom is -0.481 e. The third-order valence-electron chi connectivity index (χ3n) is 6.52. The lowest BCUT2D eigenvalue weighted by atomic mass is 9.64. The van der Waals surface area contributed by atoms with Crippen LogP contribution in [0.15, 0.2) is 109 Å². The number of rotatable bonds is 7. The largest absolute Gasteiger partial charge is 0.481 e. The zero-order valence-electron chi connectivity index (χ0n) is 18.3. The molecular weight excluding hydrogens is 394 g/mol. The van der Waals surface area contributed by atoms with Crippen LogP contribution in [0.1, 0.15) is 29.5 Å². The van der Waals surface area contributed by atoms with Crippen LogP contribution >= 0.6 is 0 Å². The average Bonchev–Trinajstić information content (AvgIpc) is 2.86. The highest BCUT2D eigenvalue weighted by atomic mass is 16.4. The predicted molar refractivity (Wildman–Crippen MR) is 129 cm³/mol. The van der Waals surface area contributed by atoms with E-state index in [2.05, 4.69) is 90.0 Å². The number of carboxylic acid groups (broad SMARTS) is 1. The van der Waals surface area contributed by atoms with E-state index >= 15 is 0 Å². The second kappa shape index (κ2) is 9.82. The Morgan fingerprint density at radius 3 is 1.78 bits per heavy atom. The van der Waals surface area contributed by atoms with Crippen molar-refractivity contribution < 1.29 is 9.90 Å². The van der Waals surface area contributed by atoms with Crippen molar-refractivity contribution in [2.24, 2.45) is 5.92 Å². The summed E-state index contributed by atoms with van der Waals surface area (Å²) < 4.78 is 0. The summed E-state index contributed by atoms with van der Waals surface area (Å²) >= 11 is 0. The molecule has 1 fully saturated rings. The number of carbonyl (C=O) groups is 1. The van der Waals surface area contributed by atoms with E-state index in [1.54, 1.807) is 0 Å². The summed E-state index contributed by atoms with van der Waals surface area (Å²) in [5.41, 5.74) is 7.22. The number of aliphatic carboxylic acids is 1. The maximum Gasteiger partial charge on any atom is 0.307 e. The van der Waals surface area contributed by atoms with Crippen molar-refractivity contribution in [3.63, 3.8) is 0 Å². The molecule has 4 rings (SSSR count). The number of nitrogens with zero attached hydrogens (tertiary/aromatic N) is 1. The van der Waals surface area contributed by atoms with Gasteiger partial charge in [0.05, 0.1) is 11.3 Å². The SMILES string of the molecule is C=C=C(CN1CCCC(C(=O)O)C1)C(c1ccccc1)(c1ccccc1)c1ccccc1. The fourth-order valence-corrected chi connectivity index (χ4v) is 5.02. The van der Waals surface area contributed by atoms with Gasteiger partial charge in [0, 0.05) is 18.7 Å². The molecule has 3 nitrogen and oxygen atoms in total. The van der Waals surface area contributed by atoms with Crippen LogP contribution in [-0.2, 0) is 10.2 Å². The first-order chi connectivity index (χ1) is 15.7. The summed E-state index contributed by atoms with van der Waals surface area (Å²) in [6.45, 7) is 6.16. The molecule has 0 amide bonds. The fraction of sp³-hybridized carbons (Fsp3) is 0.241. The summed E-state index contributed by atoms with van der Waals surface area (Å²) in [5, 5.41) is 9.58. The van der Waals surface area contributed by atoms with Gasteiger partial charge in [0.1, 0.15) is 0 Å². The second-order valence-electron chi connectivity index (χ2n) is 8.42. The van der Waals surface area contributed by atoms with Crippen LogP contribution < -0.4 is 0 Å². The third kappa shape index (κ3) is 4.18. The molecule has 162 valence electrons. The van der Waals surface area contributed by atoms with Gasteiger partial charge in [-0.1, -0.05) is 97.6 Å². The van der Waals surface area contributed by atoms with Crippen LogP contribution in [0.4, 0.5) is 0 Å². The topological polar surface area (TPSA) is 40.5 Å². The molecule has 1 heterocycles. The molecule has 0 spiro atoms. The lowest BCUT2D eigenvalue weighted by molar-refractivity contribution is -0.143. The Kier molecular flexibility index (Phi) is 6.70. The van der Waals surface area contributed by atoms with E-state index in [1.807, 2.05) is 18.2 Å². The van der Waals surface area contributed by atoms with Gasteiger partial charge in [0.2, 0.25) is 0 Å². The molecule has 3 heteroatoms. The van der Waals surface area contributed by atoms with Gasteiger partial charge in [0.15, 0.2) is 0 Å². The molecule has 1 aliphatic heterocycles. The Balaban J connectivity index is 1.88. The Morgan fingerprint density at radius 2 is 1.38 bits per heavy atom. The van der Waals surface area contributed by atoms with Gasteiger partial charge < -0.3 is 5.11 Å². The van der Waals surface area contributed by atoms with Gasteiger partial charge in [-0.2, -0.15) is 0 Å². The maximum absolute atomic E-state index is 11.7. The monoisotopic (exact) mass is 423 g/mol. The van der Waals surface area contributed by atoms with Crippen molar-refractivity contribution in [1.29, 1.82) is 0 Å². The minimum atomic E-state index is -0.709. The molecule has 1 aliphatic rings. The third-order valence-corrected chi connectivity index (χ3v) is 6.52. The predicted octanol–water partition coefficient (Wildman–Crippen LogP) is 5.53. The zero-order valence-corrected chi connectivity index (χ0v) is 18.3. The van der Waals surface area contributed by atoms with Crippen molar-refractivity contribution in [2.75, 3.05) is 19.6 Å². The molecule has 1 atom stereocenters. The maximum atomic E-state index is 11.7. The van der Waals surface area contributed by atoms with Crippen LogP contribution in [0.3, 0.4) is 0 Å². The molecule has 0 bridgehead atoms. The van der Waals surface area contributed by atoms with E-state index in [-0.39, 0.29) is 5.92 Å². The van der Waals surface area contributed by atoms with Crippen molar-refractivity contribution >= 4 is 5.97 Å². The standard InChI is InChI=1S/C29H29NO2/c1-2-24(22-30-20-12-13-23(21-30)28(31)32)29(25-14-6-3-7-15-25,26-16-8-4-9-17-26)27-18-10-5-11-19-27/h3-11,14-19,23H,1,12-13,20-22H2,(H,31,32). The molecule has 1 N–H and O–H groups in total. The first-order valence-electron chi connectivity index (χ1n) is 11.2. The Bertz CT molecular complexity index is 989. The summed E-state index contributed by atoms with van der Waals surface area (Å²) in [6, 6.07) is 31.5. The molecule has 3 aromatic carbocycles. The van der Waals surface area contributed by atoms with Gasteiger partial charge in [-0.3, -0.25) is 9.69 Å². The van der Waals surface area contributed by atoms with Gasteiger partial charge >= 0.3 is 5.97 Å².